The van der Waals surface area contributed by atoms with Crippen molar-refractivity contribution in [2.45, 2.75) is 27.7 Å². The summed E-state index contributed by atoms with van der Waals surface area (Å²) >= 11 is 0. The average molecular weight is 269 g/mol. The highest BCUT2D eigenvalue weighted by Gasteiger charge is 2.18. The van der Waals surface area contributed by atoms with E-state index in [0.717, 1.165) is 22.3 Å². The fourth-order valence-corrected chi connectivity index (χ4v) is 2.69. The summed E-state index contributed by atoms with van der Waals surface area (Å²) in [6, 6.07) is 0. The van der Waals surface area contributed by atoms with Crippen LogP contribution in [0, 0.1) is 27.7 Å². The molecule has 0 spiro atoms. The zero-order valence-electron chi connectivity index (χ0n) is 13.5. The summed E-state index contributed by atoms with van der Waals surface area (Å²) in [5.41, 5.74) is 7.30. The summed E-state index contributed by atoms with van der Waals surface area (Å²) in [5, 5.41) is 0. The smallest absolute Gasteiger partial charge is 0.0999 e. The molecule has 0 aliphatic heterocycles. The van der Waals surface area contributed by atoms with Gasteiger partial charge in [-0.15, -0.1) is 0 Å². The lowest BCUT2D eigenvalue weighted by atomic mass is 9.61. The predicted octanol–water partition coefficient (Wildman–Crippen LogP) is -2.65. The molecule has 0 amide bonds. The Morgan fingerprint density at radius 2 is 0.591 bits per heavy atom. The average Bonchev–Trinajstić information content (AvgIpc) is 2.50. The standard InChI is InChI=1S/C16H12B6/c1-5-7(3)13(19)15(21)9(11(5)17)10-12(18)6(2)8(4)14(20)16(10)22/h1-4H3. The normalized spacial score (nSPS) is 10.9. The van der Waals surface area contributed by atoms with Gasteiger partial charge in [0, 0.05) is 0 Å². The molecule has 2 rings (SSSR count). The fraction of sp³-hybridized carbons (Fsp3) is 0.250. The Morgan fingerprint density at radius 1 is 0.364 bits per heavy atom. The molecule has 2 aromatic rings. The van der Waals surface area contributed by atoms with E-state index < -0.39 is 0 Å². The van der Waals surface area contributed by atoms with Gasteiger partial charge in [-0.1, -0.05) is 55.0 Å². The summed E-state index contributed by atoms with van der Waals surface area (Å²) in [6.07, 6.45) is 0. The van der Waals surface area contributed by atoms with Crippen LogP contribution >= 0.6 is 0 Å². The second-order valence-corrected chi connectivity index (χ2v) is 5.73. The Morgan fingerprint density at radius 3 is 0.864 bits per heavy atom. The Bertz CT molecular complexity index is 667. The van der Waals surface area contributed by atoms with E-state index in [0.29, 0.717) is 43.9 Å². The Kier molecular flexibility index (Phi) is 4.53. The topological polar surface area (TPSA) is 0 Å². The molecule has 12 radical (unpaired) electrons. The molecule has 0 N–H and O–H groups in total. The van der Waals surface area contributed by atoms with Gasteiger partial charge in [-0.2, -0.15) is 0 Å². The van der Waals surface area contributed by atoms with Crippen molar-refractivity contribution < 1.29 is 0 Å². The molecule has 0 aromatic heterocycles. The molecule has 0 saturated heterocycles. The second-order valence-electron chi connectivity index (χ2n) is 5.73. The number of hydrogen-bond donors (Lipinski definition) is 0. The summed E-state index contributed by atoms with van der Waals surface area (Å²) in [4.78, 5) is 0. The minimum absolute atomic E-state index is 0.377. The zero-order chi connectivity index (χ0) is 16.9. The van der Waals surface area contributed by atoms with Crippen LogP contribution in [0.1, 0.15) is 22.3 Å². The van der Waals surface area contributed by atoms with E-state index in [4.69, 9.17) is 47.1 Å². The van der Waals surface area contributed by atoms with E-state index in [2.05, 4.69) is 0 Å². The lowest BCUT2D eigenvalue weighted by Gasteiger charge is -2.26. The van der Waals surface area contributed by atoms with Crippen molar-refractivity contribution in [1.82, 2.24) is 0 Å². The van der Waals surface area contributed by atoms with Gasteiger partial charge >= 0.3 is 0 Å². The van der Waals surface area contributed by atoms with E-state index in [9.17, 15) is 0 Å². The minimum atomic E-state index is 0.377. The third kappa shape index (κ3) is 2.32. The third-order valence-corrected chi connectivity index (χ3v) is 4.65. The maximum atomic E-state index is 6.27. The predicted molar refractivity (Wildman–Crippen MR) is 103 cm³/mol. The molecule has 0 bridgehead atoms. The molecule has 0 aliphatic carbocycles. The van der Waals surface area contributed by atoms with Gasteiger partial charge < -0.3 is 0 Å². The molecule has 22 heavy (non-hydrogen) atoms. The van der Waals surface area contributed by atoms with Crippen LogP contribution in [0.4, 0.5) is 0 Å². The number of benzene rings is 2. The van der Waals surface area contributed by atoms with Crippen molar-refractivity contribution in [3.8, 4) is 11.1 Å². The van der Waals surface area contributed by atoms with E-state index >= 15 is 0 Å². The summed E-state index contributed by atoms with van der Waals surface area (Å²) in [5.74, 6) is 0. The van der Waals surface area contributed by atoms with Crippen molar-refractivity contribution >= 4 is 79.9 Å². The van der Waals surface area contributed by atoms with Crippen LogP contribution in [-0.2, 0) is 0 Å². The molecule has 94 valence electrons. The van der Waals surface area contributed by atoms with E-state index in [1.165, 1.54) is 0 Å². The summed E-state index contributed by atoms with van der Waals surface area (Å²) in [7, 11) is 37.2. The molecule has 0 unspecified atom stereocenters. The summed E-state index contributed by atoms with van der Waals surface area (Å²) in [6.45, 7) is 7.53. The van der Waals surface area contributed by atoms with Crippen molar-refractivity contribution in [3.05, 3.63) is 22.3 Å². The Hall–Kier alpha value is -1.17. The molecule has 0 atom stereocenters. The molecular formula is C16H12B6. The van der Waals surface area contributed by atoms with Crippen molar-refractivity contribution in [1.29, 1.82) is 0 Å². The first-order valence-corrected chi connectivity index (χ1v) is 6.98. The molecule has 0 aliphatic rings. The first-order chi connectivity index (χ1) is 10.1. The Balaban J connectivity index is 3.03. The number of hydrogen-bond acceptors (Lipinski definition) is 0. The molecule has 6 heteroatoms. The van der Waals surface area contributed by atoms with Crippen LogP contribution in [0.15, 0.2) is 0 Å². The zero-order valence-corrected chi connectivity index (χ0v) is 13.5. The first kappa shape index (κ1) is 17.2. The first-order valence-electron chi connectivity index (χ1n) is 6.98. The van der Waals surface area contributed by atoms with E-state index in [1.54, 1.807) is 0 Å². The van der Waals surface area contributed by atoms with Crippen LogP contribution in [0.2, 0.25) is 0 Å². The van der Waals surface area contributed by atoms with Gasteiger partial charge in [0.25, 0.3) is 0 Å². The fourth-order valence-electron chi connectivity index (χ4n) is 2.69. The number of rotatable bonds is 1. The lowest BCUT2D eigenvalue weighted by Crippen LogP contribution is -2.44. The van der Waals surface area contributed by atoms with Crippen LogP contribution in [0.25, 0.3) is 11.1 Å². The van der Waals surface area contributed by atoms with Gasteiger partial charge in [0.1, 0.15) is 47.1 Å². The van der Waals surface area contributed by atoms with Gasteiger partial charge in [-0.3, -0.25) is 0 Å². The lowest BCUT2D eigenvalue weighted by molar-refractivity contribution is 1.39. The minimum Gasteiger partial charge on any atom is -0.0999 e. The SMILES string of the molecule is [B]c1c([B])c(-c2c([B])c([B])c(C)c(C)c2[B])c([B])c(C)c1C. The van der Waals surface area contributed by atoms with Crippen molar-refractivity contribution in [2.75, 3.05) is 0 Å². The van der Waals surface area contributed by atoms with Crippen LogP contribution in [0.5, 0.6) is 0 Å². The highest BCUT2D eigenvalue weighted by atomic mass is 14.2. The van der Waals surface area contributed by atoms with E-state index in [-0.39, 0.29) is 0 Å². The van der Waals surface area contributed by atoms with Gasteiger partial charge in [0.2, 0.25) is 0 Å². The van der Waals surface area contributed by atoms with Crippen LogP contribution in [-0.4, -0.2) is 47.1 Å². The second kappa shape index (κ2) is 5.80. The molecule has 0 saturated carbocycles. The molecule has 0 fully saturated rings. The monoisotopic (exact) mass is 270 g/mol. The maximum absolute atomic E-state index is 6.27. The van der Waals surface area contributed by atoms with Crippen molar-refractivity contribution in [3.63, 3.8) is 0 Å². The van der Waals surface area contributed by atoms with Gasteiger partial charge in [0.05, 0.1) is 0 Å². The molecular weight excluding hydrogens is 257 g/mol. The maximum Gasteiger partial charge on any atom is 0.115 e. The van der Waals surface area contributed by atoms with Gasteiger partial charge in [-0.25, -0.2) is 0 Å². The van der Waals surface area contributed by atoms with Gasteiger partial charge in [0.15, 0.2) is 0 Å². The molecule has 0 nitrogen and oxygen atoms in total. The third-order valence-electron chi connectivity index (χ3n) is 4.65. The molecule has 2 aromatic carbocycles. The van der Waals surface area contributed by atoms with Crippen LogP contribution < -0.4 is 32.8 Å². The summed E-state index contributed by atoms with van der Waals surface area (Å²) < 4.78 is 0. The molecule has 0 heterocycles. The van der Waals surface area contributed by atoms with Gasteiger partial charge in [-0.05, 0) is 38.8 Å². The van der Waals surface area contributed by atoms with Crippen LogP contribution in [0.3, 0.4) is 0 Å². The highest BCUT2D eigenvalue weighted by molar-refractivity contribution is 6.59. The van der Waals surface area contributed by atoms with E-state index in [1.807, 2.05) is 27.7 Å². The largest absolute Gasteiger partial charge is 0.115 e. The van der Waals surface area contributed by atoms with Crippen molar-refractivity contribution in [2.24, 2.45) is 0 Å². The highest BCUT2D eigenvalue weighted by Crippen LogP contribution is 2.15. The Labute approximate surface area is 141 Å². The quantitative estimate of drug-likeness (QED) is 0.496.